The first kappa shape index (κ1) is 19.2. The Kier molecular flexibility index (Phi) is 8.32. The Labute approximate surface area is 144 Å². The third kappa shape index (κ3) is 7.78. The molecule has 1 aromatic carbocycles. The van der Waals surface area contributed by atoms with Crippen LogP contribution in [0.25, 0.3) is 0 Å². The molecule has 0 heterocycles. The lowest BCUT2D eigenvalue weighted by atomic mass is 10.2. The minimum absolute atomic E-state index is 0.0904. The van der Waals surface area contributed by atoms with Gasteiger partial charge in [0.1, 0.15) is 6.04 Å². The van der Waals surface area contributed by atoms with Crippen LogP contribution in [0, 0.1) is 0 Å². The summed E-state index contributed by atoms with van der Waals surface area (Å²) in [6.07, 6.45) is 0.910. The largest absolute Gasteiger partial charge is 0.455 e. The molecule has 2 N–H and O–H groups in total. The molecule has 0 aliphatic heterocycles. The summed E-state index contributed by atoms with van der Waals surface area (Å²) in [5.41, 5.74) is 0.797. The Bertz CT molecular complexity index is 546. The van der Waals surface area contributed by atoms with Crippen molar-refractivity contribution in [2.75, 3.05) is 13.2 Å². The Hall–Kier alpha value is -1.89. The number of hydrogen-bond donors (Lipinski definition) is 2. The van der Waals surface area contributed by atoms with Crippen molar-refractivity contribution in [2.24, 2.45) is 0 Å². The van der Waals surface area contributed by atoms with Gasteiger partial charge in [-0.2, -0.15) is 0 Å². The number of rotatable bonds is 8. The average molecular weight is 385 g/mol. The summed E-state index contributed by atoms with van der Waals surface area (Å²) >= 11 is 3.31. The van der Waals surface area contributed by atoms with Gasteiger partial charge in [-0.3, -0.25) is 14.4 Å². The van der Waals surface area contributed by atoms with Crippen LogP contribution < -0.4 is 10.6 Å². The number of benzene rings is 1. The van der Waals surface area contributed by atoms with Gasteiger partial charge in [0.05, 0.1) is 6.42 Å². The van der Waals surface area contributed by atoms with E-state index >= 15 is 0 Å². The SMILES string of the molecule is CCCNC(=O)[C@H](C)NC(=O)COC(=O)Cc1ccc(Br)cc1. The first-order valence-electron chi connectivity index (χ1n) is 7.39. The van der Waals surface area contributed by atoms with Crippen LogP contribution in [0.15, 0.2) is 28.7 Å². The molecular weight excluding hydrogens is 364 g/mol. The van der Waals surface area contributed by atoms with Crippen LogP contribution in [-0.2, 0) is 25.5 Å². The van der Waals surface area contributed by atoms with Crippen LogP contribution in [0.2, 0.25) is 0 Å². The van der Waals surface area contributed by atoms with Crippen LogP contribution in [-0.4, -0.2) is 37.0 Å². The fourth-order valence-corrected chi connectivity index (χ4v) is 1.98. The summed E-state index contributed by atoms with van der Waals surface area (Å²) in [6, 6.07) is 6.58. The highest BCUT2D eigenvalue weighted by Crippen LogP contribution is 2.11. The first-order valence-corrected chi connectivity index (χ1v) is 8.18. The number of amides is 2. The number of carbonyl (C=O) groups is 3. The molecule has 0 saturated heterocycles. The lowest BCUT2D eigenvalue weighted by molar-refractivity contribution is -0.148. The van der Waals surface area contributed by atoms with E-state index in [1.807, 2.05) is 19.1 Å². The molecule has 0 fully saturated rings. The third-order valence-corrected chi connectivity index (χ3v) is 3.47. The van der Waals surface area contributed by atoms with E-state index in [0.29, 0.717) is 6.54 Å². The minimum Gasteiger partial charge on any atom is -0.455 e. The molecule has 1 atom stereocenters. The second-order valence-electron chi connectivity index (χ2n) is 5.04. The highest BCUT2D eigenvalue weighted by Gasteiger charge is 2.16. The van der Waals surface area contributed by atoms with Gasteiger partial charge in [-0.05, 0) is 31.0 Å². The molecular formula is C16H21BrN2O4. The number of esters is 1. The molecule has 1 rings (SSSR count). The van der Waals surface area contributed by atoms with Gasteiger partial charge in [-0.15, -0.1) is 0 Å². The third-order valence-electron chi connectivity index (χ3n) is 2.95. The lowest BCUT2D eigenvalue weighted by Gasteiger charge is -2.13. The zero-order valence-electron chi connectivity index (χ0n) is 13.2. The minimum atomic E-state index is -0.667. The Balaban J connectivity index is 2.30. The summed E-state index contributed by atoms with van der Waals surface area (Å²) in [6.45, 7) is 3.67. The first-order chi connectivity index (χ1) is 10.9. The molecule has 0 radical (unpaired) electrons. The fraction of sp³-hybridized carbons (Fsp3) is 0.438. The van der Waals surface area contributed by atoms with Crippen LogP contribution in [0.5, 0.6) is 0 Å². The van der Waals surface area contributed by atoms with Gasteiger partial charge in [0.15, 0.2) is 6.61 Å². The van der Waals surface area contributed by atoms with Crippen molar-refractivity contribution in [3.05, 3.63) is 34.3 Å². The van der Waals surface area contributed by atoms with Crippen molar-refractivity contribution in [1.29, 1.82) is 0 Å². The highest BCUT2D eigenvalue weighted by atomic mass is 79.9. The Morgan fingerprint density at radius 2 is 1.87 bits per heavy atom. The predicted molar refractivity (Wildman–Crippen MR) is 89.7 cm³/mol. The second kappa shape index (κ2) is 9.99. The number of nitrogens with one attached hydrogen (secondary N) is 2. The van der Waals surface area contributed by atoms with Crippen molar-refractivity contribution >= 4 is 33.7 Å². The maximum atomic E-state index is 11.7. The number of carbonyl (C=O) groups excluding carboxylic acids is 3. The van der Waals surface area contributed by atoms with E-state index in [2.05, 4.69) is 26.6 Å². The molecule has 2 amide bonds. The van der Waals surface area contributed by atoms with Gasteiger partial charge in [0.2, 0.25) is 5.91 Å². The fourth-order valence-electron chi connectivity index (χ4n) is 1.72. The van der Waals surface area contributed by atoms with E-state index in [9.17, 15) is 14.4 Å². The normalized spacial score (nSPS) is 11.4. The van der Waals surface area contributed by atoms with E-state index in [1.165, 1.54) is 0 Å². The molecule has 1 aromatic rings. The van der Waals surface area contributed by atoms with Gasteiger partial charge < -0.3 is 15.4 Å². The van der Waals surface area contributed by atoms with Gasteiger partial charge in [-0.25, -0.2) is 0 Å². The lowest BCUT2D eigenvalue weighted by Crippen LogP contribution is -2.46. The molecule has 0 spiro atoms. The Morgan fingerprint density at radius 3 is 2.48 bits per heavy atom. The number of ether oxygens (including phenoxy) is 1. The number of halogens is 1. The average Bonchev–Trinajstić information content (AvgIpc) is 2.52. The molecule has 0 aliphatic rings. The van der Waals surface area contributed by atoms with Crippen LogP contribution in [0.4, 0.5) is 0 Å². The zero-order chi connectivity index (χ0) is 17.2. The molecule has 0 aromatic heterocycles. The molecule has 7 heteroatoms. The Morgan fingerprint density at radius 1 is 1.22 bits per heavy atom. The molecule has 23 heavy (non-hydrogen) atoms. The molecule has 0 bridgehead atoms. The maximum absolute atomic E-state index is 11.7. The van der Waals surface area contributed by atoms with E-state index in [4.69, 9.17) is 4.74 Å². The van der Waals surface area contributed by atoms with Crippen LogP contribution in [0.1, 0.15) is 25.8 Å². The van der Waals surface area contributed by atoms with Crippen molar-refractivity contribution in [1.82, 2.24) is 10.6 Å². The summed E-state index contributed by atoms with van der Waals surface area (Å²) in [4.78, 5) is 34.9. The summed E-state index contributed by atoms with van der Waals surface area (Å²) in [5.74, 6) is -1.26. The number of hydrogen-bond acceptors (Lipinski definition) is 4. The highest BCUT2D eigenvalue weighted by molar-refractivity contribution is 9.10. The molecule has 0 aliphatic carbocycles. The van der Waals surface area contributed by atoms with E-state index < -0.39 is 24.5 Å². The standard InChI is InChI=1S/C16H21BrN2O4/c1-3-8-18-16(22)11(2)19-14(20)10-23-15(21)9-12-4-6-13(17)7-5-12/h4-7,11H,3,8-10H2,1-2H3,(H,18,22)(H,19,20)/t11-/m0/s1. The van der Waals surface area contributed by atoms with E-state index in [1.54, 1.807) is 19.1 Å². The van der Waals surface area contributed by atoms with Gasteiger partial charge in [0.25, 0.3) is 5.91 Å². The summed E-state index contributed by atoms with van der Waals surface area (Å²) in [5, 5.41) is 5.16. The predicted octanol–water partition coefficient (Wildman–Crippen LogP) is 1.57. The quantitative estimate of drug-likeness (QED) is 0.666. The van der Waals surface area contributed by atoms with Gasteiger partial charge >= 0.3 is 5.97 Å². The zero-order valence-corrected chi connectivity index (χ0v) is 14.8. The molecule has 0 saturated carbocycles. The summed E-state index contributed by atoms with van der Waals surface area (Å²) < 4.78 is 5.83. The molecule has 126 valence electrons. The van der Waals surface area contributed by atoms with Crippen molar-refractivity contribution in [3.63, 3.8) is 0 Å². The van der Waals surface area contributed by atoms with Gasteiger partial charge in [-0.1, -0.05) is 35.0 Å². The second-order valence-corrected chi connectivity index (χ2v) is 5.96. The molecule has 0 unspecified atom stereocenters. The maximum Gasteiger partial charge on any atom is 0.310 e. The van der Waals surface area contributed by atoms with Crippen molar-refractivity contribution in [2.45, 2.75) is 32.7 Å². The smallest absolute Gasteiger partial charge is 0.310 e. The van der Waals surface area contributed by atoms with E-state index in [0.717, 1.165) is 16.5 Å². The van der Waals surface area contributed by atoms with Crippen molar-refractivity contribution < 1.29 is 19.1 Å². The van der Waals surface area contributed by atoms with Crippen molar-refractivity contribution in [3.8, 4) is 0 Å². The van der Waals surface area contributed by atoms with Crippen LogP contribution >= 0.6 is 15.9 Å². The summed E-state index contributed by atoms with van der Waals surface area (Å²) in [7, 11) is 0. The monoisotopic (exact) mass is 384 g/mol. The topological polar surface area (TPSA) is 84.5 Å². The van der Waals surface area contributed by atoms with E-state index in [-0.39, 0.29) is 12.3 Å². The molecule has 6 nitrogen and oxygen atoms in total. The van der Waals surface area contributed by atoms with Gasteiger partial charge in [0, 0.05) is 11.0 Å². The van der Waals surface area contributed by atoms with Crippen LogP contribution in [0.3, 0.4) is 0 Å².